The summed E-state index contributed by atoms with van der Waals surface area (Å²) in [4.78, 5) is 32.8. The lowest BCUT2D eigenvalue weighted by molar-refractivity contribution is -0.222. The predicted octanol–water partition coefficient (Wildman–Crippen LogP) is 4.88. The molecule has 0 aromatic heterocycles. The third kappa shape index (κ3) is 12.1. The van der Waals surface area contributed by atoms with E-state index in [1.807, 2.05) is 0 Å². The van der Waals surface area contributed by atoms with E-state index in [9.17, 15) is 31.9 Å². The van der Waals surface area contributed by atoms with Gasteiger partial charge in [-0.2, -0.15) is 17.6 Å². The fraction of sp³-hybridized carbons (Fsp3) is 0.857. The molecule has 0 atom stereocenters. The van der Waals surface area contributed by atoms with Crippen LogP contribution in [0.3, 0.4) is 0 Å². The molecule has 0 spiro atoms. The van der Waals surface area contributed by atoms with Gasteiger partial charge in [0.1, 0.15) is 5.60 Å². The summed E-state index contributed by atoms with van der Waals surface area (Å²) in [5, 5.41) is 12.5. The summed E-state index contributed by atoms with van der Waals surface area (Å²) < 4.78 is 57.4. The second kappa shape index (κ2) is 14.2. The molecule has 11 heteroatoms. The van der Waals surface area contributed by atoms with Crippen LogP contribution < -0.4 is 10.6 Å². The first-order valence-electron chi connectivity index (χ1n) is 11.0. The number of halogens is 4. The summed E-state index contributed by atoms with van der Waals surface area (Å²) in [5.74, 6) is -16.1. The van der Waals surface area contributed by atoms with E-state index in [0.29, 0.717) is 19.4 Å². The van der Waals surface area contributed by atoms with Crippen molar-refractivity contribution in [2.24, 2.45) is 0 Å². The van der Waals surface area contributed by atoms with Crippen molar-refractivity contribution in [1.29, 1.82) is 0 Å². The first-order valence-corrected chi connectivity index (χ1v) is 11.0. The number of carboxylic acid groups (broad SMARTS) is 1. The van der Waals surface area contributed by atoms with E-state index in [1.54, 1.807) is 26.1 Å². The van der Waals surface area contributed by atoms with Gasteiger partial charge in [0.15, 0.2) is 0 Å². The molecule has 0 heterocycles. The molecule has 0 fully saturated rings. The maximum absolute atomic E-state index is 13.2. The molecule has 3 N–H and O–H groups in total. The number of carbonyl (C=O) groups is 3. The number of aliphatic carboxylic acids is 1. The molecule has 2 amide bonds. The number of rotatable bonds is 16. The zero-order chi connectivity index (χ0) is 24.8. The third-order valence-corrected chi connectivity index (χ3v) is 4.51. The molecule has 0 rings (SSSR count). The second-order valence-electron chi connectivity index (χ2n) is 8.67. The number of carboxylic acids is 1. The van der Waals surface area contributed by atoms with Crippen molar-refractivity contribution in [3.05, 3.63) is 0 Å². The van der Waals surface area contributed by atoms with Gasteiger partial charge in [0, 0.05) is 13.1 Å². The Kier molecular flexibility index (Phi) is 13.2. The number of unbranched alkanes of at least 4 members (excludes halogenated alkanes) is 9. The summed E-state index contributed by atoms with van der Waals surface area (Å²) in [7, 11) is 0. The largest absolute Gasteiger partial charge is 0.477 e. The van der Waals surface area contributed by atoms with Gasteiger partial charge in [-0.05, 0) is 33.6 Å². The second-order valence-corrected chi connectivity index (χ2v) is 8.67. The molecule has 0 saturated heterocycles. The fourth-order valence-electron chi connectivity index (χ4n) is 2.76. The fourth-order valence-corrected chi connectivity index (χ4v) is 2.76. The topological polar surface area (TPSA) is 105 Å². The summed E-state index contributed by atoms with van der Waals surface area (Å²) in [6.45, 7) is 5.77. The number of ether oxygens (including phenoxy) is 1. The molecular formula is C21H36F4N2O5. The number of amides is 2. The predicted molar refractivity (Wildman–Crippen MR) is 111 cm³/mol. The van der Waals surface area contributed by atoms with Crippen LogP contribution in [0.1, 0.15) is 85.0 Å². The van der Waals surface area contributed by atoms with E-state index in [-0.39, 0.29) is 6.54 Å². The Morgan fingerprint density at radius 1 is 0.688 bits per heavy atom. The zero-order valence-corrected chi connectivity index (χ0v) is 19.1. The van der Waals surface area contributed by atoms with Gasteiger partial charge in [-0.25, -0.2) is 9.59 Å². The summed E-state index contributed by atoms with van der Waals surface area (Å²) in [6, 6.07) is 0. The van der Waals surface area contributed by atoms with Crippen LogP contribution in [0.15, 0.2) is 0 Å². The van der Waals surface area contributed by atoms with Gasteiger partial charge in [0.05, 0.1) is 0 Å². The van der Waals surface area contributed by atoms with Crippen molar-refractivity contribution in [2.75, 3.05) is 13.1 Å². The molecule has 7 nitrogen and oxygen atoms in total. The van der Waals surface area contributed by atoms with Gasteiger partial charge >= 0.3 is 23.9 Å². The van der Waals surface area contributed by atoms with Crippen LogP contribution >= 0.6 is 0 Å². The van der Waals surface area contributed by atoms with Crippen LogP contribution in [-0.4, -0.2) is 53.6 Å². The summed E-state index contributed by atoms with van der Waals surface area (Å²) >= 11 is 0. The SMILES string of the molecule is CC(C)(C)OC(=O)NCCCCCCCCCCCCNC(=O)C(F)(F)C(F)(F)C(=O)O. The number of nitrogens with one attached hydrogen (secondary N) is 2. The monoisotopic (exact) mass is 472 g/mol. The van der Waals surface area contributed by atoms with Crippen molar-refractivity contribution in [3.8, 4) is 0 Å². The Hall–Kier alpha value is -2.07. The van der Waals surface area contributed by atoms with E-state index >= 15 is 0 Å². The van der Waals surface area contributed by atoms with Crippen LogP contribution in [0, 0.1) is 0 Å². The molecule has 188 valence electrons. The highest BCUT2D eigenvalue weighted by Crippen LogP contribution is 2.34. The maximum atomic E-state index is 13.2. The van der Waals surface area contributed by atoms with Gasteiger partial charge in [0.25, 0.3) is 5.91 Å². The minimum atomic E-state index is -5.45. The lowest BCUT2D eigenvalue weighted by Gasteiger charge is -2.21. The quantitative estimate of drug-likeness (QED) is 0.219. The van der Waals surface area contributed by atoms with E-state index in [4.69, 9.17) is 9.84 Å². The average Bonchev–Trinajstić information content (AvgIpc) is 2.66. The normalized spacial score (nSPS) is 12.3. The van der Waals surface area contributed by atoms with Crippen molar-refractivity contribution in [1.82, 2.24) is 10.6 Å². The summed E-state index contributed by atoms with van der Waals surface area (Å²) in [6.07, 6.45) is 8.36. The van der Waals surface area contributed by atoms with E-state index in [0.717, 1.165) is 51.4 Å². The highest BCUT2D eigenvalue weighted by Gasteiger charge is 2.67. The van der Waals surface area contributed by atoms with Crippen molar-refractivity contribution in [3.63, 3.8) is 0 Å². The minimum absolute atomic E-state index is 0.221. The Bertz CT molecular complexity index is 595. The van der Waals surface area contributed by atoms with Gasteiger partial charge in [-0.15, -0.1) is 0 Å². The minimum Gasteiger partial charge on any atom is -0.477 e. The Labute approximate surface area is 186 Å². The van der Waals surface area contributed by atoms with E-state index in [1.165, 1.54) is 0 Å². The first-order chi connectivity index (χ1) is 14.7. The molecule has 0 radical (unpaired) electrons. The van der Waals surface area contributed by atoms with Crippen LogP contribution in [-0.2, 0) is 14.3 Å². The number of hydrogen-bond donors (Lipinski definition) is 3. The molecule has 32 heavy (non-hydrogen) atoms. The standard InChI is InChI=1S/C21H36F4N2O5/c1-19(2,3)32-18(31)27-15-13-11-9-7-5-4-6-8-10-12-14-26-16(28)20(22,23)21(24,25)17(29)30/h4-15H2,1-3H3,(H,26,28)(H,27,31)(H,29,30). The van der Waals surface area contributed by atoms with Crippen LogP contribution in [0.2, 0.25) is 0 Å². The molecule has 0 bridgehead atoms. The lowest BCUT2D eigenvalue weighted by atomic mass is 10.1. The van der Waals surface area contributed by atoms with Crippen LogP contribution in [0.5, 0.6) is 0 Å². The van der Waals surface area contributed by atoms with Crippen molar-refractivity contribution < 1.29 is 41.8 Å². The lowest BCUT2D eigenvalue weighted by Crippen LogP contribution is -2.56. The molecular weight excluding hydrogens is 436 g/mol. The van der Waals surface area contributed by atoms with Crippen LogP contribution in [0.25, 0.3) is 0 Å². The van der Waals surface area contributed by atoms with E-state index < -0.39 is 35.4 Å². The van der Waals surface area contributed by atoms with Gasteiger partial charge < -0.3 is 20.5 Å². The number of carbonyl (C=O) groups excluding carboxylic acids is 2. The van der Waals surface area contributed by atoms with Crippen LogP contribution in [0.4, 0.5) is 22.4 Å². The summed E-state index contributed by atoms with van der Waals surface area (Å²) in [5.41, 5.74) is -0.508. The molecule has 0 aromatic carbocycles. The molecule has 0 aromatic rings. The molecule has 0 aliphatic rings. The van der Waals surface area contributed by atoms with Gasteiger partial charge in [0.2, 0.25) is 0 Å². The maximum Gasteiger partial charge on any atom is 0.413 e. The molecule has 0 saturated carbocycles. The smallest absolute Gasteiger partial charge is 0.413 e. The average molecular weight is 473 g/mol. The number of alkyl carbamates (subject to hydrolysis) is 1. The molecule has 0 unspecified atom stereocenters. The Morgan fingerprint density at radius 2 is 1.06 bits per heavy atom. The van der Waals surface area contributed by atoms with Gasteiger partial charge in [-0.1, -0.05) is 51.4 Å². The molecule has 0 aliphatic heterocycles. The Morgan fingerprint density at radius 3 is 1.44 bits per heavy atom. The van der Waals surface area contributed by atoms with Gasteiger partial charge in [-0.3, -0.25) is 4.79 Å². The van der Waals surface area contributed by atoms with E-state index in [2.05, 4.69) is 5.32 Å². The highest BCUT2D eigenvalue weighted by molar-refractivity contribution is 5.92. The molecule has 0 aliphatic carbocycles. The first kappa shape index (κ1) is 29.9. The van der Waals surface area contributed by atoms with Crippen molar-refractivity contribution >= 4 is 18.0 Å². The zero-order valence-electron chi connectivity index (χ0n) is 19.1. The van der Waals surface area contributed by atoms with Crippen molar-refractivity contribution in [2.45, 2.75) is 102 Å². The Balaban J connectivity index is 3.60. The number of alkyl halides is 4. The number of hydrogen-bond acceptors (Lipinski definition) is 4. The highest BCUT2D eigenvalue weighted by atomic mass is 19.3. The third-order valence-electron chi connectivity index (χ3n) is 4.51.